The first-order chi connectivity index (χ1) is 9.43. The number of anilines is 1. The van der Waals surface area contributed by atoms with Gasteiger partial charge in [0, 0.05) is 6.54 Å². The van der Waals surface area contributed by atoms with Gasteiger partial charge in [-0.2, -0.15) is 0 Å². The SMILES string of the molecule is NCc1ccc(-c2nc(N)c(Cl)c(C(=O)O)n2)c(F)c1. The number of hydrogen-bond donors (Lipinski definition) is 3. The highest BCUT2D eigenvalue weighted by molar-refractivity contribution is 6.35. The highest BCUT2D eigenvalue weighted by atomic mass is 35.5. The second-order valence-corrected chi connectivity index (χ2v) is 4.30. The second-order valence-electron chi connectivity index (χ2n) is 3.92. The van der Waals surface area contributed by atoms with Gasteiger partial charge in [-0.15, -0.1) is 0 Å². The Hall–Kier alpha value is -2.25. The summed E-state index contributed by atoms with van der Waals surface area (Å²) in [5, 5.41) is 8.69. The maximum atomic E-state index is 13.9. The molecule has 0 aliphatic rings. The fourth-order valence-corrected chi connectivity index (χ4v) is 1.76. The molecule has 0 aliphatic heterocycles. The highest BCUT2D eigenvalue weighted by Gasteiger charge is 2.19. The van der Waals surface area contributed by atoms with Crippen LogP contribution >= 0.6 is 11.6 Å². The molecule has 0 atom stereocenters. The van der Waals surface area contributed by atoms with Gasteiger partial charge in [-0.3, -0.25) is 0 Å². The van der Waals surface area contributed by atoms with Crippen LogP contribution in [-0.2, 0) is 6.54 Å². The molecule has 0 bridgehead atoms. The minimum absolute atomic E-state index is 0.0214. The van der Waals surface area contributed by atoms with E-state index in [-0.39, 0.29) is 28.8 Å². The number of halogens is 2. The average molecular weight is 297 g/mol. The molecule has 8 heteroatoms. The lowest BCUT2D eigenvalue weighted by molar-refractivity contribution is 0.0690. The molecule has 104 valence electrons. The Kier molecular flexibility index (Phi) is 3.82. The van der Waals surface area contributed by atoms with E-state index in [1.54, 1.807) is 6.07 Å². The summed E-state index contributed by atoms with van der Waals surface area (Å²) in [5.41, 5.74) is 11.1. The Morgan fingerprint density at radius 3 is 2.65 bits per heavy atom. The number of carboxylic acids is 1. The van der Waals surface area contributed by atoms with Crippen LogP contribution in [0.3, 0.4) is 0 Å². The lowest BCUT2D eigenvalue weighted by Crippen LogP contribution is -2.08. The number of carboxylic acid groups (broad SMARTS) is 1. The normalized spacial score (nSPS) is 10.6. The van der Waals surface area contributed by atoms with Gasteiger partial charge in [0.1, 0.15) is 16.7 Å². The fraction of sp³-hybridized carbons (Fsp3) is 0.0833. The maximum absolute atomic E-state index is 13.9. The Labute approximate surface area is 118 Å². The van der Waals surface area contributed by atoms with Crippen molar-refractivity contribution < 1.29 is 14.3 Å². The molecular weight excluding hydrogens is 287 g/mol. The first kappa shape index (κ1) is 14.2. The molecule has 1 aromatic heterocycles. The second kappa shape index (κ2) is 5.40. The number of nitrogens with two attached hydrogens (primary N) is 2. The predicted molar refractivity (Wildman–Crippen MR) is 71.7 cm³/mol. The maximum Gasteiger partial charge on any atom is 0.356 e. The van der Waals surface area contributed by atoms with Gasteiger partial charge < -0.3 is 16.6 Å². The Morgan fingerprint density at radius 1 is 1.40 bits per heavy atom. The van der Waals surface area contributed by atoms with Gasteiger partial charge in [0.05, 0.1) is 5.56 Å². The Morgan fingerprint density at radius 2 is 2.10 bits per heavy atom. The molecule has 0 spiro atoms. The van der Waals surface area contributed by atoms with E-state index in [4.69, 9.17) is 28.2 Å². The third kappa shape index (κ3) is 2.54. The molecular formula is C12H10ClFN4O2. The van der Waals surface area contributed by atoms with Crippen LogP contribution in [0.5, 0.6) is 0 Å². The van der Waals surface area contributed by atoms with Crippen LogP contribution in [0.4, 0.5) is 10.2 Å². The minimum atomic E-state index is -1.37. The lowest BCUT2D eigenvalue weighted by Gasteiger charge is -2.07. The van der Waals surface area contributed by atoms with Crippen molar-refractivity contribution in [1.29, 1.82) is 0 Å². The number of carbonyl (C=O) groups is 1. The summed E-state index contributed by atoms with van der Waals surface area (Å²) in [5.74, 6) is -2.36. The van der Waals surface area contributed by atoms with Gasteiger partial charge >= 0.3 is 5.97 Å². The van der Waals surface area contributed by atoms with E-state index < -0.39 is 17.5 Å². The summed E-state index contributed by atoms with van der Waals surface area (Å²) in [4.78, 5) is 18.5. The van der Waals surface area contributed by atoms with Crippen LogP contribution < -0.4 is 11.5 Å². The smallest absolute Gasteiger partial charge is 0.356 e. The van der Waals surface area contributed by atoms with Crippen molar-refractivity contribution in [1.82, 2.24) is 9.97 Å². The molecule has 0 aliphatic carbocycles. The zero-order valence-electron chi connectivity index (χ0n) is 10.1. The molecule has 0 radical (unpaired) electrons. The number of benzene rings is 1. The number of rotatable bonds is 3. The van der Waals surface area contributed by atoms with E-state index in [9.17, 15) is 9.18 Å². The molecule has 0 unspecified atom stereocenters. The van der Waals surface area contributed by atoms with Crippen LogP contribution in [0.15, 0.2) is 18.2 Å². The van der Waals surface area contributed by atoms with Crippen LogP contribution in [0, 0.1) is 5.82 Å². The highest BCUT2D eigenvalue weighted by Crippen LogP contribution is 2.26. The molecule has 20 heavy (non-hydrogen) atoms. The quantitative estimate of drug-likeness (QED) is 0.793. The zero-order valence-corrected chi connectivity index (χ0v) is 10.9. The summed E-state index contributed by atoms with van der Waals surface area (Å²) in [7, 11) is 0. The summed E-state index contributed by atoms with van der Waals surface area (Å²) in [6.07, 6.45) is 0. The fourth-order valence-electron chi connectivity index (χ4n) is 1.59. The van der Waals surface area contributed by atoms with Crippen LogP contribution in [0.25, 0.3) is 11.4 Å². The van der Waals surface area contributed by atoms with Gasteiger partial charge in [-0.25, -0.2) is 19.2 Å². The van der Waals surface area contributed by atoms with Crippen molar-refractivity contribution in [2.75, 3.05) is 5.73 Å². The number of nitrogen functional groups attached to an aromatic ring is 1. The van der Waals surface area contributed by atoms with Crippen molar-refractivity contribution in [2.45, 2.75) is 6.54 Å². The number of hydrogen-bond acceptors (Lipinski definition) is 5. The summed E-state index contributed by atoms with van der Waals surface area (Å²) in [6, 6.07) is 4.22. The van der Waals surface area contributed by atoms with Crippen LogP contribution in [0.1, 0.15) is 16.1 Å². The topological polar surface area (TPSA) is 115 Å². The van der Waals surface area contributed by atoms with E-state index >= 15 is 0 Å². The Balaban J connectivity index is 2.61. The van der Waals surface area contributed by atoms with Crippen LogP contribution in [-0.4, -0.2) is 21.0 Å². The van der Waals surface area contributed by atoms with Crippen molar-refractivity contribution in [3.05, 3.63) is 40.3 Å². The number of nitrogens with zero attached hydrogens (tertiary/aromatic N) is 2. The van der Waals surface area contributed by atoms with Gasteiger partial charge in [0.2, 0.25) is 0 Å². The molecule has 5 N–H and O–H groups in total. The number of aromatic nitrogens is 2. The summed E-state index contributed by atoms with van der Waals surface area (Å²) < 4.78 is 13.9. The first-order valence-corrected chi connectivity index (χ1v) is 5.87. The van der Waals surface area contributed by atoms with Crippen molar-refractivity contribution in [3.63, 3.8) is 0 Å². The average Bonchev–Trinajstić information content (AvgIpc) is 2.41. The molecule has 0 fully saturated rings. The lowest BCUT2D eigenvalue weighted by atomic mass is 10.1. The van der Waals surface area contributed by atoms with E-state index in [0.29, 0.717) is 5.56 Å². The van der Waals surface area contributed by atoms with Gasteiger partial charge in [0.25, 0.3) is 0 Å². The molecule has 0 amide bonds. The van der Waals surface area contributed by atoms with E-state index in [0.717, 1.165) is 0 Å². The largest absolute Gasteiger partial charge is 0.476 e. The minimum Gasteiger partial charge on any atom is -0.476 e. The molecule has 0 saturated heterocycles. The van der Waals surface area contributed by atoms with Gasteiger partial charge in [-0.05, 0) is 17.7 Å². The van der Waals surface area contributed by atoms with Gasteiger partial charge in [0.15, 0.2) is 11.5 Å². The summed E-state index contributed by atoms with van der Waals surface area (Å²) in [6.45, 7) is 0.182. The molecule has 2 rings (SSSR count). The molecule has 1 heterocycles. The van der Waals surface area contributed by atoms with E-state index in [2.05, 4.69) is 9.97 Å². The van der Waals surface area contributed by atoms with E-state index in [1.807, 2.05) is 0 Å². The van der Waals surface area contributed by atoms with Crippen molar-refractivity contribution in [3.8, 4) is 11.4 Å². The third-order valence-electron chi connectivity index (χ3n) is 2.59. The standard InChI is InChI=1S/C12H10ClFN4O2/c13-8-9(12(19)20)17-11(18-10(8)16)6-2-1-5(4-15)3-7(6)14/h1-3H,4,15H2,(H,19,20)(H2,16,17,18). The molecule has 0 saturated carbocycles. The molecule has 1 aromatic carbocycles. The van der Waals surface area contributed by atoms with Crippen molar-refractivity contribution in [2.24, 2.45) is 5.73 Å². The first-order valence-electron chi connectivity index (χ1n) is 5.49. The third-order valence-corrected chi connectivity index (χ3v) is 2.96. The molecule has 2 aromatic rings. The number of aromatic carboxylic acids is 1. The predicted octanol–water partition coefficient (Wildman–Crippen LogP) is 1.68. The van der Waals surface area contributed by atoms with Crippen molar-refractivity contribution >= 4 is 23.4 Å². The zero-order chi connectivity index (χ0) is 14.9. The summed E-state index contributed by atoms with van der Waals surface area (Å²) >= 11 is 5.69. The van der Waals surface area contributed by atoms with Gasteiger partial charge in [-0.1, -0.05) is 17.7 Å². The monoisotopic (exact) mass is 296 g/mol. The van der Waals surface area contributed by atoms with Crippen LogP contribution in [0.2, 0.25) is 5.02 Å². The molecule has 6 nitrogen and oxygen atoms in total. The Bertz CT molecular complexity index is 693. The van der Waals surface area contributed by atoms with E-state index in [1.165, 1.54) is 12.1 Å².